The topological polar surface area (TPSA) is 51.6 Å². The Morgan fingerprint density at radius 3 is 1.84 bits per heavy atom. The average molecular weight is 487 g/mol. The van der Waals surface area contributed by atoms with Gasteiger partial charge in [0.1, 0.15) is 0 Å². The molecule has 4 nitrogen and oxygen atoms in total. The van der Waals surface area contributed by atoms with E-state index in [9.17, 15) is 0 Å². The van der Waals surface area contributed by atoms with Gasteiger partial charge in [0.25, 0.3) is 0 Å². The molecule has 4 heteroatoms. The Hall–Kier alpha value is -5.22. The summed E-state index contributed by atoms with van der Waals surface area (Å²) in [6.07, 6.45) is 5.60. The first-order valence-electron chi connectivity index (χ1n) is 12.6. The maximum Gasteiger partial charge on any atom is 0.159 e. The Bertz CT molecular complexity index is 1910. The molecule has 0 aliphatic carbocycles. The van der Waals surface area contributed by atoms with Crippen LogP contribution >= 0.6 is 0 Å². The minimum absolute atomic E-state index is 0.683. The van der Waals surface area contributed by atoms with Crippen LogP contribution in [0.3, 0.4) is 0 Å². The van der Waals surface area contributed by atoms with Gasteiger partial charge in [0, 0.05) is 46.1 Å². The summed E-state index contributed by atoms with van der Waals surface area (Å²) in [6.45, 7) is 0. The number of hydrogen-bond acceptors (Lipinski definition) is 4. The minimum atomic E-state index is 0.683. The third-order valence-corrected chi connectivity index (χ3v) is 6.80. The number of aromatic nitrogens is 4. The van der Waals surface area contributed by atoms with Crippen molar-refractivity contribution in [1.82, 2.24) is 19.9 Å². The SMILES string of the molecule is c1ccc(-c2cccc(-c3cnc(-c4cccc(-c5ccc6ccc7cccnc7c6n5)c4)nc3)c2)cc1. The summed E-state index contributed by atoms with van der Waals surface area (Å²) >= 11 is 0. The lowest BCUT2D eigenvalue weighted by Crippen LogP contribution is -1.92. The fourth-order valence-corrected chi connectivity index (χ4v) is 4.84. The normalized spacial score (nSPS) is 11.2. The number of nitrogens with zero attached hydrogens (tertiary/aromatic N) is 4. The molecule has 0 spiro atoms. The van der Waals surface area contributed by atoms with Crippen molar-refractivity contribution in [3.8, 4) is 44.9 Å². The summed E-state index contributed by atoms with van der Waals surface area (Å²) in [5, 5.41) is 2.16. The van der Waals surface area contributed by atoms with E-state index >= 15 is 0 Å². The van der Waals surface area contributed by atoms with Gasteiger partial charge in [-0.3, -0.25) is 4.98 Å². The molecule has 7 aromatic rings. The van der Waals surface area contributed by atoms with E-state index in [1.807, 2.05) is 42.9 Å². The smallest absolute Gasteiger partial charge is 0.159 e. The lowest BCUT2D eigenvalue weighted by molar-refractivity contribution is 1.18. The molecule has 0 atom stereocenters. The van der Waals surface area contributed by atoms with Crippen LogP contribution in [-0.2, 0) is 0 Å². The molecular formula is C34H22N4. The highest BCUT2D eigenvalue weighted by molar-refractivity contribution is 6.03. The van der Waals surface area contributed by atoms with E-state index in [2.05, 4.69) is 96.0 Å². The Morgan fingerprint density at radius 2 is 1.03 bits per heavy atom. The summed E-state index contributed by atoms with van der Waals surface area (Å²) < 4.78 is 0. The number of benzene rings is 4. The van der Waals surface area contributed by atoms with Crippen LogP contribution in [0.25, 0.3) is 66.7 Å². The zero-order valence-electron chi connectivity index (χ0n) is 20.5. The molecule has 7 rings (SSSR count). The standard InChI is InChI=1S/C34H22N4/c1-2-7-23(8-3-1)26-9-4-10-27(19-26)30-21-36-34(37-22-30)29-12-5-11-28(20-29)31-17-16-25-15-14-24-13-6-18-35-32(24)33(25)38-31/h1-22H. The van der Waals surface area contributed by atoms with Gasteiger partial charge in [0.05, 0.1) is 16.7 Å². The molecule has 0 radical (unpaired) electrons. The third kappa shape index (κ3) is 4.08. The molecule has 3 aromatic heterocycles. The van der Waals surface area contributed by atoms with Crippen LogP contribution in [0.2, 0.25) is 0 Å². The van der Waals surface area contributed by atoms with Crippen molar-refractivity contribution >= 4 is 21.8 Å². The van der Waals surface area contributed by atoms with Crippen molar-refractivity contribution in [3.05, 3.63) is 134 Å². The van der Waals surface area contributed by atoms with Crippen molar-refractivity contribution in [2.75, 3.05) is 0 Å². The highest BCUT2D eigenvalue weighted by Gasteiger charge is 2.09. The molecule has 0 saturated heterocycles. The van der Waals surface area contributed by atoms with Gasteiger partial charge in [-0.15, -0.1) is 0 Å². The fraction of sp³-hybridized carbons (Fsp3) is 0. The zero-order chi connectivity index (χ0) is 25.3. The highest BCUT2D eigenvalue weighted by Crippen LogP contribution is 2.29. The largest absolute Gasteiger partial charge is 0.254 e. The second-order valence-corrected chi connectivity index (χ2v) is 9.23. The van der Waals surface area contributed by atoms with Crippen LogP contribution in [-0.4, -0.2) is 19.9 Å². The quantitative estimate of drug-likeness (QED) is 0.235. The van der Waals surface area contributed by atoms with Gasteiger partial charge in [-0.2, -0.15) is 0 Å². The van der Waals surface area contributed by atoms with Crippen LogP contribution in [0.15, 0.2) is 134 Å². The Labute approximate surface area is 220 Å². The molecular weight excluding hydrogens is 464 g/mol. The van der Waals surface area contributed by atoms with E-state index in [4.69, 9.17) is 15.0 Å². The number of rotatable bonds is 4. The van der Waals surface area contributed by atoms with Crippen LogP contribution in [0, 0.1) is 0 Å². The Morgan fingerprint density at radius 1 is 0.395 bits per heavy atom. The first kappa shape index (κ1) is 22.0. The van der Waals surface area contributed by atoms with Gasteiger partial charge in [-0.05, 0) is 41.0 Å². The Balaban J connectivity index is 1.21. The van der Waals surface area contributed by atoms with Gasteiger partial charge >= 0.3 is 0 Å². The van der Waals surface area contributed by atoms with E-state index in [1.54, 1.807) is 0 Å². The van der Waals surface area contributed by atoms with E-state index in [-0.39, 0.29) is 0 Å². The van der Waals surface area contributed by atoms with E-state index < -0.39 is 0 Å². The first-order chi connectivity index (χ1) is 18.8. The third-order valence-electron chi connectivity index (χ3n) is 6.80. The number of fused-ring (bicyclic) bond motifs is 3. The van der Waals surface area contributed by atoms with E-state index in [0.717, 1.165) is 49.8 Å². The number of pyridine rings is 2. The summed E-state index contributed by atoms with van der Waals surface area (Å²) in [5.41, 5.74) is 9.12. The highest BCUT2D eigenvalue weighted by atomic mass is 14.9. The van der Waals surface area contributed by atoms with Crippen molar-refractivity contribution < 1.29 is 0 Å². The van der Waals surface area contributed by atoms with Crippen LogP contribution in [0.1, 0.15) is 0 Å². The molecule has 0 aliphatic heterocycles. The van der Waals surface area contributed by atoms with E-state index in [1.165, 1.54) is 11.1 Å². The van der Waals surface area contributed by atoms with Gasteiger partial charge in [0.15, 0.2) is 5.82 Å². The Kier molecular flexibility index (Phi) is 5.41. The van der Waals surface area contributed by atoms with Crippen LogP contribution in [0.5, 0.6) is 0 Å². The van der Waals surface area contributed by atoms with Crippen LogP contribution in [0.4, 0.5) is 0 Å². The molecule has 0 unspecified atom stereocenters. The van der Waals surface area contributed by atoms with Crippen molar-refractivity contribution in [2.45, 2.75) is 0 Å². The van der Waals surface area contributed by atoms with Gasteiger partial charge in [-0.1, -0.05) is 91.0 Å². The molecule has 0 N–H and O–H groups in total. The molecule has 3 heterocycles. The second kappa shape index (κ2) is 9.34. The van der Waals surface area contributed by atoms with Crippen molar-refractivity contribution in [1.29, 1.82) is 0 Å². The van der Waals surface area contributed by atoms with Crippen LogP contribution < -0.4 is 0 Å². The second-order valence-electron chi connectivity index (χ2n) is 9.23. The summed E-state index contributed by atoms with van der Waals surface area (Å²) in [4.78, 5) is 19.0. The molecule has 4 aromatic carbocycles. The lowest BCUT2D eigenvalue weighted by atomic mass is 10.0. The molecule has 0 aliphatic rings. The van der Waals surface area contributed by atoms with Crippen molar-refractivity contribution in [3.63, 3.8) is 0 Å². The first-order valence-corrected chi connectivity index (χ1v) is 12.6. The summed E-state index contributed by atoms with van der Waals surface area (Å²) in [6, 6.07) is 39.4. The molecule has 0 amide bonds. The monoisotopic (exact) mass is 486 g/mol. The lowest BCUT2D eigenvalue weighted by Gasteiger charge is -2.08. The van der Waals surface area contributed by atoms with Gasteiger partial charge < -0.3 is 0 Å². The van der Waals surface area contributed by atoms with Gasteiger partial charge in [-0.25, -0.2) is 15.0 Å². The summed E-state index contributed by atoms with van der Waals surface area (Å²) in [5.74, 6) is 0.683. The van der Waals surface area contributed by atoms with Gasteiger partial charge in [0.2, 0.25) is 0 Å². The zero-order valence-corrected chi connectivity index (χ0v) is 20.5. The molecule has 38 heavy (non-hydrogen) atoms. The molecule has 0 fully saturated rings. The minimum Gasteiger partial charge on any atom is -0.254 e. The fourth-order valence-electron chi connectivity index (χ4n) is 4.84. The molecule has 0 saturated carbocycles. The van der Waals surface area contributed by atoms with Crippen molar-refractivity contribution in [2.24, 2.45) is 0 Å². The molecule has 0 bridgehead atoms. The number of hydrogen-bond donors (Lipinski definition) is 0. The predicted octanol–water partition coefficient (Wildman–Crippen LogP) is 8.24. The van der Waals surface area contributed by atoms with E-state index in [0.29, 0.717) is 5.82 Å². The molecule has 178 valence electrons. The summed E-state index contributed by atoms with van der Waals surface area (Å²) in [7, 11) is 0. The maximum atomic E-state index is 4.99. The maximum absolute atomic E-state index is 4.99. The predicted molar refractivity (Wildman–Crippen MR) is 154 cm³/mol. The average Bonchev–Trinajstić information content (AvgIpc) is 3.01.